The van der Waals surface area contributed by atoms with Crippen LogP contribution in [0.3, 0.4) is 0 Å². The van der Waals surface area contributed by atoms with Crippen LogP contribution in [-0.2, 0) is 14.3 Å². The topological polar surface area (TPSA) is 61.9 Å². The summed E-state index contributed by atoms with van der Waals surface area (Å²) in [6.07, 6.45) is 0.873. The van der Waals surface area contributed by atoms with E-state index in [1.807, 2.05) is 39.0 Å². The molecule has 1 aromatic rings. The number of hydrogen-bond acceptors (Lipinski definition) is 5. The molecular weight excluding hydrogens is 378 g/mol. The monoisotopic (exact) mass is 409 g/mol. The van der Waals surface area contributed by atoms with E-state index in [9.17, 15) is 9.59 Å². The lowest BCUT2D eigenvalue weighted by Gasteiger charge is -2.41. The smallest absolute Gasteiger partial charge is 0.327 e. The van der Waals surface area contributed by atoms with Crippen LogP contribution in [0.15, 0.2) is 24.3 Å². The molecule has 2 unspecified atom stereocenters. The number of halogens is 1. The Balaban J connectivity index is 2.05. The molecule has 2 rings (SSSR count). The number of methoxy groups -OCH3 is 1. The summed E-state index contributed by atoms with van der Waals surface area (Å²) in [7, 11) is 1.39. The van der Waals surface area contributed by atoms with E-state index in [0.717, 1.165) is 12.0 Å². The van der Waals surface area contributed by atoms with Gasteiger partial charge in [-0.3, -0.25) is 14.6 Å². The van der Waals surface area contributed by atoms with Gasteiger partial charge < -0.3 is 10.1 Å². The highest BCUT2D eigenvalue weighted by molar-refractivity contribution is 6.31. The Kier molecular flexibility index (Phi) is 7.87. The van der Waals surface area contributed by atoms with Crippen molar-refractivity contribution in [3.63, 3.8) is 0 Å². The summed E-state index contributed by atoms with van der Waals surface area (Å²) in [4.78, 5) is 29.3. The molecular formula is C21H32ClN3O3. The fourth-order valence-electron chi connectivity index (χ4n) is 3.36. The van der Waals surface area contributed by atoms with E-state index in [1.165, 1.54) is 7.11 Å². The first-order chi connectivity index (χ1) is 13.2. The molecule has 0 aliphatic carbocycles. The lowest BCUT2D eigenvalue weighted by molar-refractivity contribution is -0.148. The minimum absolute atomic E-state index is 0.0379. The van der Waals surface area contributed by atoms with E-state index in [2.05, 4.69) is 22.0 Å². The molecule has 1 amide bonds. The molecule has 0 bridgehead atoms. The summed E-state index contributed by atoms with van der Waals surface area (Å²) in [5, 5.41) is 3.66. The van der Waals surface area contributed by atoms with E-state index >= 15 is 0 Å². The minimum Gasteiger partial charge on any atom is -0.468 e. The van der Waals surface area contributed by atoms with Gasteiger partial charge in [-0.05, 0) is 38.8 Å². The summed E-state index contributed by atoms with van der Waals surface area (Å²) in [5.74, 6) is -0.284. The Hall–Kier alpha value is -1.63. The van der Waals surface area contributed by atoms with Crippen LogP contribution in [0.1, 0.15) is 45.7 Å². The van der Waals surface area contributed by atoms with Crippen LogP contribution in [0.5, 0.6) is 0 Å². The van der Waals surface area contributed by atoms with Gasteiger partial charge in [-0.2, -0.15) is 0 Å². The van der Waals surface area contributed by atoms with Crippen molar-refractivity contribution in [2.75, 3.05) is 33.3 Å². The van der Waals surface area contributed by atoms with Gasteiger partial charge in [-0.1, -0.05) is 36.7 Å². The fraction of sp³-hybridized carbons (Fsp3) is 0.619. The van der Waals surface area contributed by atoms with Gasteiger partial charge in [0, 0.05) is 36.7 Å². The van der Waals surface area contributed by atoms with Crippen molar-refractivity contribution >= 4 is 23.5 Å². The Labute approximate surface area is 173 Å². The molecule has 1 aliphatic heterocycles. The van der Waals surface area contributed by atoms with Crippen LogP contribution < -0.4 is 5.32 Å². The molecule has 2 atom stereocenters. The fourth-order valence-corrected chi connectivity index (χ4v) is 3.60. The molecule has 0 radical (unpaired) electrons. The molecule has 1 heterocycles. The molecule has 28 heavy (non-hydrogen) atoms. The number of esters is 1. The van der Waals surface area contributed by atoms with Crippen LogP contribution in [-0.4, -0.2) is 66.5 Å². The molecule has 0 spiro atoms. The molecule has 1 N–H and O–H groups in total. The van der Waals surface area contributed by atoms with Crippen molar-refractivity contribution in [1.82, 2.24) is 15.1 Å². The van der Waals surface area contributed by atoms with Crippen molar-refractivity contribution in [3.05, 3.63) is 34.9 Å². The van der Waals surface area contributed by atoms with Crippen molar-refractivity contribution in [2.24, 2.45) is 0 Å². The number of piperazine rings is 1. The van der Waals surface area contributed by atoms with Gasteiger partial charge in [0.15, 0.2) is 0 Å². The summed E-state index contributed by atoms with van der Waals surface area (Å²) in [6, 6.07) is 6.60. The Bertz CT molecular complexity index is 687. The lowest BCUT2D eigenvalue weighted by atomic mass is 10.0. The molecule has 0 saturated carbocycles. The highest BCUT2D eigenvalue weighted by Crippen LogP contribution is 2.29. The number of ether oxygens (including phenoxy) is 1. The molecule has 1 aliphatic rings. The Morgan fingerprint density at radius 2 is 1.75 bits per heavy atom. The number of hydrogen-bond donors (Lipinski definition) is 1. The van der Waals surface area contributed by atoms with Crippen LogP contribution in [0.2, 0.25) is 5.02 Å². The highest BCUT2D eigenvalue weighted by Gasteiger charge is 2.35. The maximum atomic E-state index is 12.6. The average Bonchev–Trinajstić information content (AvgIpc) is 2.69. The SMILES string of the molecule is CCC(C)(C)NC(=O)C(C)N1CCN(C(C(=O)OC)c2ccccc2Cl)CC1. The third-order valence-corrected chi connectivity index (χ3v) is 5.96. The van der Waals surface area contributed by atoms with Crippen LogP contribution in [0, 0.1) is 0 Å². The first-order valence-corrected chi connectivity index (χ1v) is 10.2. The number of nitrogens with zero attached hydrogens (tertiary/aromatic N) is 2. The highest BCUT2D eigenvalue weighted by atomic mass is 35.5. The van der Waals surface area contributed by atoms with Gasteiger partial charge in [0.2, 0.25) is 5.91 Å². The summed E-state index contributed by atoms with van der Waals surface area (Å²) in [5.41, 5.74) is 0.535. The van der Waals surface area contributed by atoms with E-state index in [4.69, 9.17) is 16.3 Å². The number of nitrogens with one attached hydrogen (secondary N) is 1. The molecule has 1 fully saturated rings. The van der Waals surface area contributed by atoms with Gasteiger partial charge in [0.05, 0.1) is 13.2 Å². The van der Waals surface area contributed by atoms with Gasteiger partial charge in [-0.25, -0.2) is 4.79 Å². The first kappa shape index (κ1) is 22.7. The second-order valence-corrected chi connectivity index (χ2v) is 8.33. The second-order valence-electron chi connectivity index (χ2n) is 7.92. The summed E-state index contributed by atoms with van der Waals surface area (Å²) in [6.45, 7) is 10.7. The third-order valence-electron chi connectivity index (χ3n) is 5.61. The zero-order chi connectivity index (χ0) is 20.9. The van der Waals surface area contributed by atoms with E-state index in [-0.39, 0.29) is 23.5 Å². The Morgan fingerprint density at radius 1 is 1.18 bits per heavy atom. The van der Waals surface area contributed by atoms with Crippen molar-refractivity contribution in [1.29, 1.82) is 0 Å². The number of amides is 1. The quantitative estimate of drug-likeness (QED) is 0.701. The molecule has 0 aromatic heterocycles. The van der Waals surface area contributed by atoms with Gasteiger partial charge >= 0.3 is 5.97 Å². The van der Waals surface area contributed by atoms with Crippen molar-refractivity contribution in [2.45, 2.75) is 51.7 Å². The maximum Gasteiger partial charge on any atom is 0.327 e. The number of carbonyl (C=O) groups is 2. The maximum absolute atomic E-state index is 12.6. The van der Waals surface area contributed by atoms with E-state index in [0.29, 0.717) is 31.2 Å². The zero-order valence-electron chi connectivity index (χ0n) is 17.5. The normalized spacial score (nSPS) is 18.4. The average molecular weight is 410 g/mol. The van der Waals surface area contributed by atoms with Crippen molar-refractivity contribution in [3.8, 4) is 0 Å². The molecule has 1 saturated heterocycles. The predicted molar refractivity (Wildman–Crippen MR) is 111 cm³/mol. The Morgan fingerprint density at radius 3 is 2.29 bits per heavy atom. The molecule has 7 heteroatoms. The largest absolute Gasteiger partial charge is 0.468 e. The van der Waals surface area contributed by atoms with Gasteiger partial charge in [-0.15, -0.1) is 0 Å². The summed E-state index contributed by atoms with van der Waals surface area (Å²) < 4.78 is 5.04. The predicted octanol–water partition coefficient (Wildman–Crippen LogP) is 2.87. The number of benzene rings is 1. The first-order valence-electron chi connectivity index (χ1n) is 9.82. The number of carbonyl (C=O) groups excluding carboxylic acids is 2. The third kappa shape index (κ3) is 5.46. The van der Waals surface area contributed by atoms with Crippen molar-refractivity contribution < 1.29 is 14.3 Å². The lowest BCUT2D eigenvalue weighted by Crippen LogP contribution is -2.57. The molecule has 156 valence electrons. The molecule has 6 nitrogen and oxygen atoms in total. The van der Waals surface area contributed by atoms with Crippen LogP contribution >= 0.6 is 11.6 Å². The standard InChI is InChI=1S/C21H32ClN3O3/c1-6-21(3,4)23-19(26)15(2)24-11-13-25(14-12-24)18(20(27)28-5)16-9-7-8-10-17(16)22/h7-10,15,18H,6,11-14H2,1-5H3,(H,23,26). The van der Waals surface area contributed by atoms with Gasteiger partial charge in [0.1, 0.15) is 6.04 Å². The van der Waals surface area contributed by atoms with Crippen LogP contribution in [0.25, 0.3) is 0 Å². The minimum atomic E-state index is -0.538. The van der Waals surface area contributed by atoms with Crippen LogP contribution in [0.4, 0.5) is 0 Å². The van der Waals surface area contributed by atoms with E-state index in [1.54, 1.807) is 6.07 Å². The summed E-state index contributed by atoms with van der Waals surface area (Å²) >= 11 is 6.34. The molecule has 1 aromatic carbocycles. The van der Waals surface area contributed by atoms with Gasteiger partial charge in [0.25, 0.3) is 0 Å². The van der Waals surface area contributed by atoms with E-state index < -0.39 is 6.04 Å². The second kappa shape index (κ2) is 9.72. The number of rotatable bonds is 7. The zero-order valence-corrected chi connectivity index (χ0v) is 18.3.